The molecule has 1 atom stereocenters. The molecule has 0 saturated carbocycles. The fourth-order valence-electron chi connectivity index (χ4n) is 1.67. The maximum atomic E-state index is 11.8. The molecule has 21 heavy (non-hydrogen) atoms. The number of benzene rings is 1. The van der Waals surface area contributed by atoms with E-state index in [1.165, 1.54) is 0 Å². The highest BCUT2D eigenvalue weighted by atomic mass is 16.5. The van der Waals surface area contributed by atoms with Gasteiger partial charge < -0.3 is 20.5 Å². The first-order valence-corrected chi connectivity index (χ1v) is 6.73. The molecule has 2 amide bonds. The Hall–Kier alpha value is -2.24. The summed E-state index contributed by atoms with van der Waals surface area (Å²) in [6.45, 7) is 6.05. The highest BCUT2D eigenvalue weighted by molar-refractivity contribution is 5.68. The smallest absolute Gasteiger partial charge is 0.407 e. The molecule has 0 bridgehead atoms. The van der Waals surface area contributed by atoms with Crippen LogP contribution in [-0.2, 0) is 11.3 Å². The summed E-state index contributed by atoms with van der Waals surface area (Å²) in [6.07, 6.45) is -1.69. The number of hydrogen-bond acceptors (Lipinski definition) is 3. The van der Waals surface area contributed by atoms with Gasteiger partial charge in [0, 0.05) is 6.54 Å². The van der Waals surface area contributed by atoms with Crippen molar-refractivity contribution in [2.45, 2.75) is 33.4 Å². The minimum atomic E-state index is -1.12. The lowest BCUT2D eigenvalue weighted by molar-refractivity contribution is 0.124. The Morgan fingerprint density at radius 1 is 1.24 bits per heavy atom. The highest BCUT2D eigenvalue weighted by Gasteiger charge is 2.27. The summed E-state index contributed by atoms with van der Waals surface area (Å²) in [4.78, 5) is 22.4. The first-order chi connectivity index (χ1) is 9.79. The van der Waals surface area contributed by atoms with Gasteiger partial charge in [-0.05, 0) is 11.0 Å². The highest BCUT2D eigenvalue weighted by Crippen LogP contribution is 2.19. The van der Waals surface area contributed by atoms with Crippen LogP contribution >= 0.6 is 0 Å². The molecule has 3 N–H and O–H groups in total. The van der Waals surface area contributed by atoms with E-state index in [9.17, 15) is 9.59 Å². The van der Waals surface area contributed by atoms with Crippen LogP contribution in [0.15, 0.2) is 30.3 Å². The molecule has 0 unspecified atom stereocenters. The zero-order valence-electron chi connectivity index (χ0n) is 12.6. The van der Waals surface area contributed by atoms with Crippen molar-refractivity contribution in [3.8, 4) is 0 Å². The maximum Gasteiger partial charge on any atom is 0.407 e. The SMILES string of the molecule is CC(C)(C)[C@@H](CNC(=O)O)NC(=O)OCc1ccccc1. The summed E-state index contributed by atoms with van der Waals surface area (Å²) in [6, 6.07) is 8.98. The molecule has 0 fully saturated rings. The van der Waals surface area contributed by atoms with E-state index >= 15 is 0 Å². The van der Waals surface area contributed by atoms with E-state index in [0.717, 1.165) is 5.56 Å². The number of hydrogen-bond donors (Lipinski definition) is 3. The number of carboxylic acid groups (broad SMARTS) is 1. The zero-order valence-corrected chi connectivity index (χ0v) is 12.6. The molecule has 0 spiro atoms. The molecule has 116 valence electrons. The van der Waals surface area contributed by atoms with E-state index in [2.05, 4.69) is 10.6 Å². The lowest BCUT2D eigenvalue weighted by Gasteiger charge is -2.30. The first-order valence-electron chi connectivity index (χ1n) is 6.73. The number of ether oxygens (including phenoxy) is 1. The van der Waals surface area contributed by atoms with Crippen molar-refractivity contribution in [1.82, 2.24) is 10.6 Å². The quantitative estimate of drug-likeness (QED) is 0.779. The average Bonchev–Trinajstić information content (AvgIpc) is 2.41. The second-order valence-corrected chi connectivity index (χ2v) is 5.81. The summed E-state index contributed by atoms with van der Waals surface area (Å²) in [5.41, 5.74) is 0.595. The van der Waals surface area contributed by atoms with Crippen molar-refractivity contribution in [3.63, 3.8) is 0 Å². The van der Waals surface area contributed by atoms with Crippen molar-refractivity contribution in [2.24, 2.45) is 5.41 Å². The van der Waals surface area contributed by atoms with Crippen molar-refractivity contribution in [3.05, 3.63) is 35.9 Å². The molecule has 0 aliphatic carbocycles. The molecule has 0 aromatic heterocycles. The van der Waals surface area contributed by atoms with Crippen molar-refractivity contribution in [2.75, 3.05) is 6.54 Å². The summed E-state index contributed by atoms with van der Waals surface area (Å²) >= 11 is 0. The third kappa shape index (κ3) is 6.65. The van der Waals surface area contributed by atoms with Gasteiger partial charge in [-0.3, -0.25) is 0 Å². The Morgan fingerprint density at radius 3 is 2.38 bits per heavy atom. The predicted octanol–water partition coefficient (Wildman–Crippen LogP) is 2.60. The zero-order chi connectivity index (χ0) is 15.9. The van der Waals surface area contributed by atoms with Crippen molar-refractivity contribution < 1.29 is 19.4 Å². The fourth-order valence-corrected chi connectivity index (χ4v) is 1.67. The average molecular weight is 294 g/mol. The van der Waals surface area contributed by atoms with Crippen LogP contribution in [-0.4, -0.2) is 29.9 Å². The molecule has 1 aromatic rings. The fraction of sp³-hybridized carbons (Fsp3) is 0.467. The van der Waals surface area contributed by atoms with Crippen LogP contribution < -0.4 is 10.6 Å². The van der Waals surface area contributed by atoms with Crippen LogP contribution in [0.3, 0.4) is 0 Å². The van der Waals surface area contributed by atoms with E-state index in [0.29, 0.717) is 0 Å². The van der Waals surface area contributed by atoms with Gasteiger partial charge in [-0.1, -0.05) is 51.1 Å². The van der Waals surface area contributed by atoms with E-state index in [-0.39, 0.29) is 24.6 Å². The van der Waals surface area contributed by atoms with Gasteiger partial charge in [-0.2, -0.15) is 0 Å². The third-order valence-electron chi connectivity index (χ3n) is 3.01. The molecule has 6 heteroatoms. The Kier molecular flexibility index (Phi) is 6.02. The number of carbonyl (C=O) groups excluding carboxylic acids is 1. The third-order valence-corrected chi connectivity index (χ3v) is 3.01. The molecule has 6 nitrogen and oxygen atoms in total. The van der Waals surface area contributed by atoms with Crippen LogP contribution in [0, 0.1) is 5.41 Å². The monoisotopic (exact) mass is 294 g/mol. The van der Waals surface area contributed by atoms with Gasteiger partial charge >= 0.3 is 12.2 Å². The van der Waals surface area contributed by atoms with Gasteiger partial charge in [-0.15, -0.1) is 0 Å². The standard InChI is InChI=1S/C15H22N2O4/c1-15(2,3)12(9-16-13(18)19)17-14(20)21-10-11-7-5-4-6-8-11/h4-8,12,16H,9-10H2,1-3H3,(H,17,20)(H,18,19)/t12-/m1/s1. The molecule has 0 aliphatic heterocycles. The number of carbonyl (C=O) groups is 2. The maximum absolute atomic E-state index is 11.8. The number of nitrogens with one attached hydrogen (secondary N) is 2. The first kappa shape index (κ1) is 16.8. The number of rotatable bonds is 5. The molecule has 0 heterocycles. The Balaban J connectivity index is 2.50. The normalized spacial score (nSPS) is 12.3. The topological polar surface area (TPSA) is 87.7 Å². The minimum absolute atomic E-state index is 0.124. The van der Waals surface area contributed by atoms with Gasteiger partial charge in [0.25, 0.3) is 0 Å². The molecule has 0 aliphatic rings. The lowest BCUT2D eigenvalue weighted by atomic mass is 9.87. The molecule has 0 saturated heterocycles. The summed E-state index contributed by atoms with van der Waals surface area (Å²) < 4.78 is 5.14. The Labute approximate surface area is 124 Å². The van der Waals surface area contributed by atoms with Crippen LogP contribution in [0.5, 0.6) is 0 Å². The van der Waals surface area contributed by atoms with Crippen LogP contribution in [0.25, 0.3) is 0 Å². The van der Waals surface area contributed by atoms with E-state index in [4.69, 9.17) is 9.84 Å². The summed E-state index contributed by atoms with van der Waals surface area (Å²) in [7, 11) is 0. The van der Waals surface area contributed by atoms with E-state index in [1.54, 1.807) is 0 Å². The second-order valence-electron chi connectivity index (χ2n) is 5.81. The molecule has 1 aromatic carbocycles. The lowest BCUT2D eigenvalue weighted by Crippen LogP contribution is -2.50. The van der Waals surface area contributed by atoms with Gasteiger partial charge in [-0.25, -0.2) is 9.59 Å². The van der Waals surface area contributed by atoms with Crippen molar-refractivity contribution in [1.29, 1.82) is 0 Å². The number of alkyl carbamates (subject to hydrolysis) is 1. The van der Waals surface area contributed by atoms with E-state index in [1.807, 2.05) is 51.1 Å². The van der Waals surface area contributed by atoms with Gasteiger partial charge in [0.15, 0.2) is 0 Å². The molecular weight excluding hydrogens is 272 g/mol. The largest absolute Gasteiger partial charge is 0.465 e. The minimum Gasteiger partial charge on any atom is -0.465 e. The van der Waals surface area contributed by atoms with Crippen LogP contribution in [0.4, 0.5) is 9.59 Å². The summed E-state index contributed by atoms with van der Waals surface area (Å²) in [5, 5.41) is 13.6. The second kappa shape index (κ2) is 7.52. The molecule has 1 rings (SSSR count). The number of amides is 2. The summed E-state index contributed by atoms with van der Waals surface area (Å²) in [5.74, 6) is 0. The predicted molar refractivity (Wildman–Crippen MR) is 79.0 cm³/mol. The van der Waals surface area contributed by atoms with Crippen molar-refractivity contribution >= 4 is 12.2 Å². The van der Waals surface area contributed by atoms with Gasteiger partial charge in [0.05, 0.1) is 6.04 Å². The Morgan fingerprint density at radius 2 is 1.86 bits per heavy atom. The van der Waals surface area contributed by atoms with Gasteiger partial charge in [0.2, 0.25) is 0 Å². The molecular formula is C15H22N2O4. The van der Waals surface area contributed by atoms with Crippen LogP contribution in [0.2, 0.25) is 0 Å². The molecule has 0 radical (unpaired) electrons. The van der Waals surface area contributed by atoms with E-state index < -0.39 is 12.2 Å². The van der Waals surface area contributed by atoms with Gasteiger partial charge in [0.1, 0.15) is 6.61 Å². The Bertz CT molecular complexity index is 468. The van der Waals surface area contributed by atoms with Crippen LogP contribution in [0.1, 0.15) is 26.3 Å².